The predicted molar refractivity (Wildman–Crippen MR) is 85.6 cm³/mol. The van der Waals surface area contributed by atoms with Crippen LogP contribution in [0.4, 0.5) is 8.78 Å². The third-order valence-corrected chi connectivity index (χ3v) is 3.54. The fourth-order valence-corrected chi connectivity index (χ4v) is 2.10. The Balaban J connectivity index is 1.88. The maximum absolute atomic E-state index is 13.5. The lowest BCUT2D eigenvalue weighted by atomic mass is 9.96. The Morgan fingerprint density at radius 2 is 1.88 bits per heavy atom. The SMILES string of the molecule is Cc1ccc(F)c(OCC(=O)NCC(C)(O)c2ccc(F)cc2)c1. The molecule has 2 aromatic rings. The predicted octanol–water partition coefficient (Wildman–Crippen LogP) is 2.68. The molecule has 0 aliphatic carbocycles. The van der Waals surface area contributed by atoms with Crippen molar-refractivity contribution in [3.63, 3.8) is 0 Å². The van der Waals surface area contributed by atoms with Crippen molar-refractivity contribution in [2.75, 3.05) is 13.2 Å². The van der Waals surface area contributed by atoms with Gasteiger partial charge in [-0.2, -0.15) is 0 Å². The molecule has 4 nitrogen and oxygen atoms in total. The van der Waals surface area contributed by atoms with Crippen LogP contribution in [0.2, 0.25) is 0 Å². The topological polar surface area (TPSA) is 58.6 Å². The summed E-state index contributed by atoms with van der Waals surface area (Å²) in [6.07, 6.45) is 0. The number of rotatable bonds is 6. The van der Waals surface area contributed by atoms with Crippen molar-refractivity contribution in [3.05, 3.63) is 65.2 Å². The molecule has 1 atom stereocenters. The zero-order valence-electron chi connectivity index (χ0n) is 13.5. The normalized spacial score (nSPS) is 13.2. The van der Waals surface area contributed by atoms with E-state index in [1.165, 1.54) is 43.3 Å². The van der Waals surface area contributed by atoms with Crippen molar-refractivity contribution in [2.24, 2.45) is 0 Å². The Kier molecular flexibility index (Phi) is 5.51. The summed E-state index contributed by atoms with van der Waals surface area (Å²) in [5.74, 6) is -1.47. The van der Waals surface area contributed by atoms with Crippen LogP contribution in [0.25, 0.3) is 0 Å². The molecule has 1 amide bonds. The first-order valence-electron chi connectivity index (χ1n) is 7.42. The van der Waals surface area contributed by atoms with Crippen molar-refractivity contribution in [1.82, 2.24) is 5.32 Å². The summed E-state index contributed by atoms with van der Waals surface area (Å²) in [6.45, 7) is 2.82. The molecule has 0 spiro atoms. The first-order valence-corrected chi connectivity index (χ1v) is 7.42. The largest absolute Gasteiger partial charge is 0.481 e. The standard InChI is InChI=1S/C18H19F2NO3/c1-12-3-8-15(20)16(9-12)24-10-17(22)21-11-18(2,23)13-4-6-14(19)7-5-13/h3-9,23H,10-11H2,1-2H3,(H,21,22). The summed E-state index contributed by atoms with van der Waals surface area (Å²) in [6, 6.07) is 9.71. The van der Waals surface area contributed by atoms with Gasteiger partial charge in [0, 0.05) is 0 Å². The first kappa shape index (κ1) is 17.9. The minimum absolute atomic E-state index is 0.00422. The molecule has 0 bridgehead atoms. The number of ether oxygens (including phenoxy) is 1. The number of nitrogens with one attached hydrogen (secondary N) is 1. The summed E-state index contributed by atoms with van der Waals surface area (Å²) in [5.41, 5.74) is -0.0845. The van der Waals surface area contributed by atoms with Gasteiger partial charge < -0.3 is 15.2 Å². The summed E-state index contributed by atoms with van der Waals surface area (Å²) in [7, 11) is 0. The highest BCUT2D eigenvalue weighted by atomic mass is 19.1. The van der Waals surface area contributed by atoms with Gasteiger partial charge in [0.25, 0.3) is 5.91 Å². The van der Waals surface area contributed by atoms with E-state index >= 15 is 0 Å². The highest BCUT2D eigenvalue weighted by Crippen LogP contribution is 2.20. The maximum atomic E-state index is 13.5. The van der Waals surface area contributed by atoms with Crippen LogP contribution in [0.1, 0.15) is 18.1 Å². The van der Waals surface area contributed by atoms with Crippen LogP contribution in [0.15, 0.2) is 42.5 Å². The van der Waals surface area contributed by atoms with E-state index in [1.54, 1.807) is 13.0 Å². The Bertz CT molecular complexity index is 715. The van der Waals surface area contributed by atoms with E-state index in [9.17, 15) is 18.7 Å². The molecule has 2 aromatic carbocycles. The summed E-state index contributed by atoms with van der Waals surface area (Å²) < 4.78 is 31.6. The van der Waals surface area contributed by atoms with Crippen LogP contribution in [0.5, 0.6) is 5.75 Å². The molecular formula is C18H19F2NO3. The van der Waals surface area contributed by atoms with Gasteiger partial charge in [-0.15, -0.1) is 0 Å². The van der Waals surface area contributed by atoms with Crippen LogP contribution in [-0.4, -0.2) is 24.2 Å². The molecule has 0 saturated heterocycles. The van der Waals surface area contributed by atoms with Gasteiger partial charge in [0.2, 0.25) is 0 Å². The first-order chi connectivity index (χ1) is 11.3. The fraction of sp³-hybridized carbons (Fsp3) is 0.278. The van der Waals surface area contributed by atoms with E-state index in [-0.39, 0.29) is 18.9 Å². The van der Waals surface area contributed by atoms with Gasteiger partial charge in [-0.05, 0) is 49.2 Å². The number of halogens is 2. The smallest absolute Gasteiger partial charge is 0.258 e. The number of carbonyl (C=O) groups excluding carboxylic acids is 1. The Morgan fingerprint density at radius 3 is 2.54 bits per heavy atom. The molecule has 0 fully saturated rings. The minimum atomic E-state index is -1.36. The van der Waals surface area contributed by atoms with Crippen LogP contribution in [-0.2, 0) is 10.4 Å². The van der Waals surface area contributed by atoms with E-state index < -0.39 is 23.1 Å². The molecule has 6 heteroatoms. The Labute approximate surface area is 139 Å². The van der Waals surface area contributed by atoms with Gasteiger partial charge in [0.05, 0.1) is 6.54 Å². The van der Waals surface area contributed by atoms with Gasteiger partial charge in [-0.1, -0.05) is 18.2 Å². The van der Waals surface area contributed by atoms with Crippen molar-refractivity contribution >= 4 is 5.91 Å². The van der Waals surface area contributed by atoms with Gasteiger partial charge in [0.1, 0.15) is 11.4 Å². The second-order valence-corrected chi connectivity index (χ2v) is 5.78. The Morgan fingerprint density at radius 1 is 1.21 bits per heavy atom. The van der Waals surface area contributed by atoms with Gasteiger partial charge in [-0.3, -0.25) is 4.79 Å². The lowest BCUT2D eigenvalue weighted by molar-refractivity contribution is -0.124. The third kappa shape index (κ3) is 4.76. The molecule has 128 valence electrons. The second kappa shape index (κ2) is 7.40. The van der Waals surface area contributed by atoms with Crippen molar-refractivity contribution in [1.29, 1.82) is 0 Å². The highest BCUT2D eigenvalue weighted by molar-refractivity contribution is 5.77. The van der Waals surface area contributed by atoms with Crippen LogP contribution in [0.3, 0.4) is 0 Å². The molecule has 1 unspecified atom stereocenters. The van der Waals surface area contributed by atoms with E-state index in [1.807, 2.05) is 0 Å². The van der Waals surface area contributed by atoms with E-state index in [2.05, 4.69) is 5.32 Å². The number of aryl methyl sites for hydroxylation is 1. The third-order valence-electron chi connectivity index (χ3n) is 3.54. The number of aliphatic hydroxyl groups is 1. The number of hydrogen-bond acceptors (Lipinski definition) is 3. The summed E-state index contributed by atoms with van der Waals surface area (Å²) in [5, 5.41) is 12.9. The molecular weight excluding hydrogens is 316 g/mol. The molecule has 0 heterocycles. The summed E-state index contributed by atoms with van der Waals surface area (Å²) in [4.78, 5) is 11.8. The van der Waals surface area contributed by atoms with E-state index in [4.69, 9.17) is 4.74 Å². The van der Waals surface area contributed by atoms with E-state index in [0.29, 0.717) is 5.56 Å². The van der Waals surface area contributed by atoms with Crippen molar-refractivity contribution in [2.45, 2.75) is 19.4 Å². The molecule has 0 saturated carbocycles. The molecule has 0 aliphatic heterocycles. The average Bonchev–Trinajstić information content (AvgIpc) is 2.54. The highest BCUT2D eigenvalue weighted by Gasteiger charge is 2.24. The van der Waals surface area contributed by atoms with Crippen LogP contribution >= 0.6 is 0 Å². The number of carbonyl (C=O) groups is 1. The number of hydrogen-bond donors (Lipinski definition) is 2. The Hall–Kier alpha value is -2.47. The average molecular weight is 335 g/mol. The van der Waals surface area contributed by atoms with Gasteiger partial charge >= 0.3 is 0 Å². The molecule has 0 radical (unpaired) electrons. The number of benzene rings is 2. The molecule has 24 heavy (non-hydrogen) atoms. The zero-order chi connectivity index (χ0) is 17.7. The van der Waals surface area contributed by atoms with E-state index in [0.717, 1.165) is 5.56 Å². The maximum Gasteiger partial charge on any atom is 0.258 e. The fourth-order valence-electron chi connectivity index (χ4n) is 2.10. The van der Waals surface area contributed by atoms with Gasteiger partial charge in [-0.25, -0.2) is 8.78 Å². The second-order valence-electron chi connectivity index (χ2n) is 5.78. The molecule has 2 N–H and O–H groups in total. The number of amides is 1. The molecule has 0 aliphatic rings. The summed E-state index contributed by atoms with van der Waals surface area (Å²) >= 11 is 0. The van der Waals surface area contributed by atoms with Gasteiger partial charge in [0.15, 0.2) is 18.2 Å². The van der Waals surface area contributed by atoms with Crippen LogP contribution in [0, 0.1) is 18.6 Å². The quantitative estimate of drug-likeness (QED) is 0.853. The molecule has 0 aromatic heterocycles. The van der Waals surface area contributed by atoms with Crippen molar-refractivity contribution in [3.8, 4) is 5.75 Å². The monoisotopic (exact) mass is 335 g/mol. The lowest BCUT2D eigenvalue weighted by Crippen LogP contribution is -2.40. The minimum Gasteiger partial charge on any atom is -0.481 e. The van der Waals surface area contributed by atoms with Crippen LogP contribution < -0.4 is 10.1 Å². The molecule has 2 rings (SSSR count). The lowest BCUT2D eigenvalue weighted by Gasteiger charge is -2.24. The van der Waals surface area contributed by atoms with Crippen molar-refractivity contribution < 1.29 is 23.4 Å². The zero-order valence-corrected chi connectivity index (χ0v) is 13.5.